The number of anilines is 1. The van der Waals surface area contributed by atoms with Crippen LogP contribution in [0.5, 0.6) is 0 Å². The maximum Gasteiger partial charge on any atom is 0.307 e. The number of ether oxygens (including phenoxy) is 2. The second-order valence-corrected chi connectivity index (χ2v) is 19.0. The fourth-order valence-electron chi connectivity index (χ4n) is 8.16. The van der Waals surface area contributed by atoms with Crippen molar-refractivity contribution in [3.63, 3.8) is 0 Å². The molecule has 0 aliphatic carbocycles. The van der Waals surface area contributed by atoms with Crippen LogP contribution in [0.1, 0.15) is 113 Å². The molecule has 0 bridgehead atoms. The molecule has 2 aliphatic rings. The molecule has 2 aromatic carbocycles. The molecule has 1 aromatic heterocycles. The summed E-state index contributed by atoms with van der Waals surface area (Å²) in [6.45, 7) is 19.4. The van der Waals surface area contributed by atoms with Crippen LogP contribution in [-0.2, 0) is 44.7 Å². The van der Waals surface area contributed by atoms with Gasteiger partial charge in [-0.3, -0.25) is 28.8 Å². The standard InChI is InChI=1S/C47H64N4O8/c1-28(2)34(26-41(53)58-46(5,6)7)44(56)50-21-11-13-38(50)40(52)24-30-15-20-36-32(23-30)25-37(49-36)31-16-18-33(19-17-31)48-43(55)39-14-12-22-51(39)45(57)35(29(3)4)27-42(54)59-47(8,9)10/h15-20,23,25,28-29,34-35,38-39,49H,11-14,21-22,24,26-27H2,1-10H3,(H,48,55)/t34-,35-,38+,39+/m1/s1. The summed E-state index contributed by atoms with van der Waals surface area (Å²) >= 11 is 0. The SMILES string of the molecule is CC(C)[C@@H](CC(=O)OC(C)(C)C)C(=O)N1CCC[C@H]1C(=O)Cc1ccc2[nH]c(-c3ccc(NC(=O)[C@@H]4CCCN4C(=O)[C@H](CC(=O)OC(C)(C)C)C(C)C)cc3)cc2c1. The van der Waals surface area contributed by atoms with Gasteiger partial charge in [0.05, 0.1) is 30.7 Å². The average molecular weight is 813 g/mol. The topological polar surface area (TPSA) is 155 Å². The van der Waals surface area contributed by atoms with E-state index in [1.165, 1.54) is 0 Å². The highest BCUT2D eigenvalue weighted by atomic mass is 16.6. The summed E-state index contributed by atoms with van der Waals surface area (Å²) < 4.78 is 11.0. The Morgan fingerprint density at radius 2 is 1.22 bits per heavy atom. The molecule has 0 saturated carbocycles. The number of carbonyl (C=O) groups excluding carboxylic acids is 6. The number of Topliss-reactive ketones (excluding diaryl/α,β-unsaturated/α-hetero) is 1. The molecule has 12 nitrogen and oxygen atoms in total. The molecule has 2 N–H and O–H groups in total. The minimum absolute atomic E-state index is 0.0186. The van der Waals surface area contributed by atoms with E-state index >= 15 is 0 Å². The van der Waals surface area contributed by atoms with Crippen molar-refractivity contribution < 1.29 is 38.2 Å². The number of likely N-dealkylation sites (tertiary alicyclic amines) is 2. The van der Waals surface area contributed by atoms with Crippen molar-refractivity contribution in [2.45, 2.75) is 137 Å². The lowest BCUT2D eigenvalue weighted by Gasteiger charge is -2.30. The van der Waals surface area contributed by atoms with E-state index in [0.29, 0.717) is 38.0 Å². The molecule has 2 fully saturated rings. The van der Waals surface area contributed by atoms with Crippen molar-refractivity contribution in [1.29, 1.82) is 0 Å². The molecule has 320 valence electrons. The van der Waals surface area contributed by atoms with Gasteiger partial charge in [-0.2, -0.15) is 0 Å². The molecule has 0 spiro atoms. The molecule has 59 heavy (non-hydrogen) atoms. The molecular formula is C47H64N4O8. The molecule has 0 radical (unpaired) electrons. The van der Waals surface area contributed by atoms with Gasteiger partial charge in [0.15, 0.2) is 5.78 Å². The zero-order valence-corrected chi connectivity index (χ0v) is 36.6. The Balaban J connectivity index is 1.20. The number of nitrogens with one attached hydrogen (secondary N) is 2. The molecular weight excluding hydrogens is 749 g/mol. The maximum absolute atomic E-state index is 13.8. The zero-order valence-electron chi connectivity index (χ0n) is 36.6. The first-order chi connectivity index (χ1) is 27.6. The van der Waals surface area contributed by atoms with Gasteiger partial charge in [-0.15, -0.1) is 0 Å². The lowest BCUT2D eigenvalue weighted by Crippen LogP contribution is -2.47. The number of aromatic amines is 1. The number of rotatable bonds is 14. The van der Waals surface area contributed by atoms with Gasteiger partial charge >= 0.3 is 11.9 Å². The van der Waals surface area contributed by atoms with Crippen molar-refractivity contribution in [2.75, 3.05) is 18.4 Å². The van der Waals surface area contributed by atoms with E-state index in [2.05, 4.69) is 10.3 Å². The Hall–Kier alpha value is -5.00. The first kappa shape index (κ1) is 45.1. The first-order valence-electron chi connectivity index (χ1n) is 21.2. The lowest BCUT2D eigenvalue weighted by atomic mass is 9.90. The monoisotopic (exact) mass is 812 g/mol. The number of fused-ring (bicyclic) bond motifs is 1. The predicted octanol–water partition coefficient (Wildman–Crippen LogP) is 7.88. The van der Waals surface area contributed by atoms with Crippen molar-refractivity contribution in [1.82, 2.24) is 14.8 Å². The average Bonchev–Trinajstić information content (AvgIpc) is 3.91. The number of carbonyl (C=O) groups is 6. The van der Waals surface area contributed by atoms with Gasteiger partial charge in [0.2, 0.25) is 17.7 Å². The second-order valence-electron chi connectivity index (χ2n) is 19.0. The highest BCUT2D eigenvalue weighted by Crippen LogP contribution is 2.31. The number of H-pyrrole nitrogens is 1. The zero-order chi connectivity index (χ0) is 43.4. The summed E-state index contributed by atoms with van der Waals surface area (Å²) in [4.78, 5) is 86.7. The second kappa shape index (κ2) is 18.5. The van der Waals surface area contributed by atoms with Crippen molar-refractivity contribution in [3.8, 4) is 11.3 Å². The molecule has 2 aliphatic heterocycles. The number of hydrogen-bond donors (Lipinski definition) is 2. The van der Waals surface area contributed by atoms with Gasteiger partial charge in [0.1, 0.15) is 17.2 Å². The highest BCUT2D eigenvalue weighted by Gasteiger charge is 2.41. The number of aromatic nitrogens is 1. The summed E-state index contributed by atoms with van der Waals surface area (Å²) in [6.07, 6.45) is 2.70. The van der Waals surface area contributed by atoms with E-state index in [-0.39, 0.29) is 54.6 Å². The Labute approximate surface area is 349 Å². The molecule has 0 unspecified atom stereocenters. The minimum Gasteiger partial charge on any atom is -0.460 e. The van der Waals surface area contributed by atoms with Gasteiger partial charge in [-0.05, 0) is 121 Å². The molecule has 4 atom stereocenters. The van der Waals surface area contributed by atoms with Crippen LogP contribution in [0.3, 0.4) is 0 Å². The highest BCUT2D eigenvalue weighted by molar-refractivity contribution is 5.99. The number of ketones is 1. The van der Waals surface area contributed by atoms with Crippen molar-refractivity contribution in [3.05, 3.63) is 54.1 Å². The molecule has 3 amide bonds. The van der Waals surface area contributed by atoms with Crippen LogP contribution in [-0.4, -0.2) is 86.6 Å². The Morgan fingerprint density at radius 3 is 1.73 bits per heavy atom. The third-order valence-corrected chi connectivity index (χ3v) is 11.1. The van der Waals surface area contributed by atoms with Crippen molar-refractivity contribution >= 4 is 52.0 Å². The summed E-state index contributed by atoms with van der Waals surface area (Å²) in [7, 11) is 0. The third kappa shape index (κ3) is 11.8. The van der Waals surface area contributed by atoms with Gasteiger partial charge in [-0.25, -0.2) is 0 Å². The van der Waals surface area contributed by atoms with Gasteiger partial charge in [-0.1, -0.05) is 45.9 Å². The first-order valence-corrected chi connectivity index (χ1v) is 21.2. The number of benzene rings is 2. The van der Waals surface area contributed by atoms with Gasteiger partial charge in [0.25, 0.3) is 0 Å². The van der Waals surface area contributed by atoms with E-state index in [4.69, 9.17) is 9.47 Å². The summed E-state index contributed by atoms with van der Waals surface area (Å²) in [5.41, 5.74) is 2.84. The number of nitrogens with zero attached hydrogens (tertiary/aromatic N) is 2. The van der Waals surface area contributed by atoms with E-state index < -0.39 is 47.1 Å². The van der Waals surface area contributed by atoms with Crippen LogP contribution < -0.4 is 5.32 Å². The van der Waals surface area contributed by atoms with Crippen LogP contribution in [0.4, 0.5) is 5.69 Å². The fourth-order valence-corrected chi connectivity index (χ4v) is 8.16. The van der Waals surface area contributed by atoms with Crippen LogP contribution in [0, 0.1) is 23.7 Å². The normalized spacial score (nSPS) is 18.3. The quantitative estimate of drug-likeness (QED) is 0.156. The van der Waals surface area contributed by atoms with Gasteiger partial charge < -0.3 is 29.6 Å². The predicted molar refractivity (Wildman–Crippen MR) is 228 cm³/mol. The molecule has 3 aromatic rings. The maximum atomic E-state index is 13.8. The van der Waals surface area contributed by atoms with Gasteiger partial charge in [0, 0.05) is 41.8 Å². The number of esters is 2. The summed E-state index contributed by atoms with van der Waals surface area (Å²) in [5.74, 6) is -2.83. The van der Waals surface area contributed by atoms with Crippen molar-refractivity contribution in [2.24, 2.45) is 23.7 Å². The van der Waals surface area contributed by atoms with E-state index in [1.807, 2.05) is 76.2 Å². The van der Waals surface area contributed by atoms with Crippen LogP contribution in [0.25, 0.3) is 22.2 Å². The number of amides is 3. The minimum atomic E-state index is -0.651. The van der Waals surface area contributed by atoms with Crippen LogP contribution >= 0.6 is 0 Å². The smallest absolute Gasteiger partial charge is 0.307 e. The number of hydrogen-bond acceptors (Lipinski definition) is 8. The molecule has 12 heteroatoms. The lowest BCUT2D eigenvalue weighted by molar-refractivity contribution is -0.160. The molecule has 3 heterocycles. The fraction of sp³-hybridized carbons (Fsp3) is 0.574. The Bertz CT molecular complexity index is 2020. The summed E-state index contributed by atoms with van der Waals surface area (Å²) in [5, 5.41) is 3.93. The summed E-state index contributed by atoms with van der Waals surface area (Å²) in [6, 6.07) is 14.2. The largest absolute Gasteiger partial charge is 0.460 e. The third-order valence-electron chi connectivity index (χ3n) is 11.1. The van der Waals surface area contributed by atoms with E-state index in [9.17, 15) is 28.8 Å². The van der Waals surface area contributed by atoms with Crippen LogP contribution in [0.2, 0.25) is 0 Å². The van der Waals surface area contributed by atoms with Crippen LogP contribution in [0.15, 0.2) is 48.5 Å². The van der Waals surface area contributed by atoms with E-state index in [1.54, 1.807) is 51.3 Å². The molecule has 5 rings (SSSR count). The Morgan fingerprint density at radius 1 is 0.712 bits per heavy atom. The van der Waals surface area contributed by atoms with E-state index in [0.717, 1.165) is 34.1 Å². The molecule has 2 saturated heterocycles. The Kier molecular flexibility index (Phi) is 14.1.